The van der Waals surface area contributed by atoms with E-state index in [1.165, 1.54) is 0 Å². The number of amides is 2. The lowest BCUT2D eigenvalue weighted by Crippen LogP contribution is -2.27. The second-order valence-electron chi connectivity index (χ2n) is 6.78. The van der Waals surface area contributed by atoms with Crippen LogP contribution in [0.5, 0.6) is 0 Å². The number of hydrogen-bond donors (Lipinski definition) is 3. The van der Waals surface area contributed by atoms with Gasteiger partial charge in [-0.15, -0.1) is 0 Å². The van der Waals surface area contributed by atoms with E-state index in [4.69, 9.17) is 10.2 Å². The van der Waals surface area contributed by atoms with E-state index in [0.29, 0.717) is 18.0 Å². The van der Waals surface area contributed by atoms with Crippen LogP contribution in [0.25, 0.3) is 0 Å². The molecule has 0 spiro atoms. The highest BCUT2D eigenvalue weighted by molar-refractivity contribution is 5.94. The lowest BCUT2D eigenvalue weighted by atomic mass is 9.97. The summed E-state index contributed by atoms with van der Waals surface area (Å²) in [6.07, 6.45) is 1.84. The molecule has 25 heavy (non-hydrogen) atoms. The quantitative estimate of drug-likeness (QED) is 0.713. The highest BCUT2D eigenvalue weighted by Crippen LogP contribution is 2.22. The summed E-state index contributed by atoms with van der Waals surface area (Å²) in [5.41, 5.74) is 6.29. The summed E-state index contributed by atoms with van der Waals surface area (Å²) in [6, 6.07) is 7.04. The van der Waals surface area contributed by atoms with Crippen molar-refractivity contribution in [3.05, 3.63) is 47.7 Å². The molecule has 7 heteroatoms. The zero-order valence-electron chi connectivity index (χ0n) is 14.8. The van der Waals surface area contributed by atoms with Gasteiger partial charge < -0.3 is 20.8 Å². The first-order valence-corrected chi connectivity index (χ1v) is 8.11. The number of carbonyl (C=O) groups is 2. The normalized spacial score (nSPS) is 11.2. The summed E-state index contributed by atoms with van der Waals surface area (Å²) in [5, 5.41) is 5.86. The molecule has 7 nitrogen and oxygen atoms in total. The van der Waals surface area contributed by atoms with E-state index < -0.39 is 5.91 Å². The van der Waals surface area contributed by atoms with Crippen molar-refractivity contribution in [1.29, 1.82) is 0 Å². The van der Waals surface area contributed by atoms with Crippen LogP contribution >= 0.6 is 0 Å². The van der Waals surface area contributed by atoms with Gasteiger partial charge in [0, 0.05) is 29.6 Å². The fourth-order valence-corrected chi connectivity index (χ4v) is 2.07. The van der Waals surface area contributed by atoms with Gasteiger partial charge in [0.05, 0.1) is 12.7 Å². The molecule has 1 heterocycles. The average molecular weight is 344 g/mol. The molecule has 134 valence electrons. The number of nitrogens with zero attached hydrogens (tertiary/aromatic N) is 1. The number of primary amides is 1. The number of nitrogens with one attached hydrogen (secondary N) is 2. The van der Waals surface area contributed by atoms with Crippen LogP contribution in [-0.2, 0) is 16.8 Å². The third-order valence-corrected chi connectivity index (χ3v) is 3.47. The molecule has 0 saturated carbocycles. The van der Waals surface area contributed by atoms with Crippen LogP contribution in [0.3, 0.4) is 0 Å². The number of carbonyl (C=O) groups excluding carboxylic acids is 2. The molecule has 0 aliphatic rings. The van der Waals surface area contributed by atoms with Crippen LogP contribution in [0.4, 0.5) is 5.69 Å². The monoisotopic (exact) mass is 344 g/mol. The van der Waals surface area contributed by atoms with E-state index in [-0.39, 0.29) is 24.3 Å². The van der Waals surface area contributed by atoms with E-state index >= 15 is 0 Å². The number of hydrogen-bond acceptors (Lipinski definition) is 5. The number of anilines is 1. The Bertz CT molecular complexity index is 730. The van der Waals surface area contributed by atoms with Gasteiger partial charge in [-0.05, 0) is 24.3 Å². The van der Waals surface area contributed by atoms with Gasteiger partial charge in [0.1, 0.15) is 5.76 Å². The molecule has 2 aromatic rings. The van der Waals surface area contributed by atoms with Gasteiger partial charge in [-0.1, -0.05) is 20.8 Å². The molecule has 2 amide bonds. The van der Waals surface area contributed by atoms with Gasteiger partial charge in [-0.3, -0.25) is 9.59 Å². The van der Waals surface area contributed by atoms with Gasteiger partial charge in [0.2, 0.25) is 5.91 Å². The second-order valence-corrected chi connectivity index (χ2v) is 6.78. The Kier molecular flexibility index (Phi) is 5.80. The highest BCUT2D eigenvalue weighted by atomic mass is 16.4. The Hall–Kier alpha value is -2.83. The average Bonchev–Trinajstić information content (AvgIpc) is 3.02. The van der Waals surface area contributed by atoms with Crippen molar-refractivity contribution in [2.24, 2.45) is 5.73 Å². The molecule has 1 aromatic carbocycles. The molecule has 1 aromatic heterocycles. The molecule has 0 aliphatic heterocycles. The number of aromatic nitrogens is 1. The maximum absolute atomic E-state index is 11.9. The van der Waals surface area contributed by atoms with Gasteiger partial charge in [0.25, 0.3) is 5.91 Å². The molecule has 4 N–H and O–H groups in total. The van der Waals surface area contributed by atoms with Crippen molar-refractivity contribution in [3.8, 4) is 0 Å². The van der Waals surface area contributed by atoms with Crippen molar-refractivity contribution in [3.63, 3.8) is 0 Å². The van der Waals surface area contributed by atoms with Crippen molar-refractivity contribution in [1.82, 2.24) is 10.3 Å². The van der Waals surface area contributed by atoms with Crippen LogP contribution in [-0.4, -0.2) is 23.3 Å². The smallest absolute Gasteiger partial charge is 0.251 e. The Morgan fingerprint density at radius 2 is 1.88 bits per heavy atom. The number of benzene rings is 1. The minimum Gasteiger partial charge on any atom is -0.443 e. The van der Waals surface area contributed by atoms with Crippen LogP contribution in [0.1, 0.15) is 49.2 Å². The van der Waals surface area contributed by atoms with Crippen molar-refractivity contribution in [2.75, 3.05) is 11.9 Å². The van der Waals surface area contributed by atoms with Gasteiger partial charge in [0.15, 0.2) is 5.89 Å². The topological polar surface area (TPSA) is 110 Å². The SMILES string of the molecule is CC(C)(C)c1ncc(CNc2ccc(C(=O)NCCC(N)=O)cc2)o1. The first kappa shape index (κ1) is 18.5. The molecule has 0 atom stereocenters. The third kappa shape index (κ3) is 5.63. The van der Waals surface area contributed by atoms with Gasteiger partial charge in [-0.2, -0.15) is 0 Å². The Morgan fingerprint density at radius 3 is 2.44 bits per heavy atom. The first-order chi connectivity index (χ1) is 11.8. The Morgan fingerprint density at radius 1 is 1.20 bits per heavy atom. The number of oxazole rings is 1. The predicted octanol–water partition coefficient (Wildman–Crippen LogP) is 2.19. The molecule has 0 bridgehead atoms. The summed E-state index contributed by atoms with van der Waals surface area (Å²) < 4.78 is 5.72. The zero-order valence-corrected chi connectivity index (χ0v) is 14.8. The molecule has 0 aliphatic carbocycles. The van der Waals surface area contributed by atoms with E-state index in [1.54, 1.807) is 18.3 Å². The van der Waals surface area contributed by atoms with E-state index in [9.17, 15) is 9.59 Å². The largest absolute Gasteiger partial charge is 0.443 e. The zero-order chi connectivity index (χ0) is 18.4. The maximum Gasteiger partial charge on any atom is 0.251 e. The van der Waals surface area contributed by atoms with Crippen LogP contribution in [0, 0.1) is 0 Å². The van der Waals surface area contributed by atoms with E-state index in [1.807, 2.05) is 32.9 Å². The van der Waals surface area contributed by atoms with E-state index in [0.717, 1.165) is 11.4 Å². The van der Waals surface area contributed by atoms with Crippen LogP contribution in [0.15, 0.2) is 34.9 Å². The number of rotatable bonds is 7. The summed E-state index contributed by atoms with van der Waals surface area (Å²) >= 11 is 0. The molecular weight excluding hydrogens is 320 g/mol. The minimum atomic E-state index is -0.443. The third-order valence-electron chi connectivity index (χ3n) is 3.47. The van der Waals surface area contributed by atoms with Gasteiger partial charge in [-0.25, -0.2) is 4.98 Å². The van der Waals surface area contributed by atoms with Crippen LogP contribution < -0.4 is 16.4 Å². The summed E-state index contributed by atoms with van der Waals surface area (Å²) in [4.78, 5) is 26.8. The predicted molar refractivity (Wildman–Crippen MR) is 95.1 cm³/mol. The minimum absolute atomic E-state index is 0.123. The lowest BCUT2D eigenvalue weighted by molar-refractivity contribution is -0.117. The van der Waals surface area contributed by atoms with Crippen molar-refractivity contribution < 1.29 is 14.0 Å². The molecular formula is C18H24N4O3. The van der Waals surface area contributed by atoms with Crippen molar-refractivity contribution >= 4 is 17.5 Å². The first-order valence-electron chi connectivity index (χ1n) is 8.11. The molecule has 0 fully saturated rings. The second kappa shape index (κ2) is 7.83. The Labute approximate surface area is 147 Å². The number of nitrogens with two attached hydrogens (primary N) is 1. The summed E-state index contributed by atoms with van der Waals surface area (Å²) in [7, 11) is 0. The fourth-order valence-electron chi connectivity index (χ4n) is 2.07. The molecule has 0 unspecified atom stereocenters. The summed E-state index contributed by atoms with van der Waals surface area (Å²) in [5.74, 6) is 0.769. The van der Waals surface area contributed by atoms with Gasteiger partial charge >= 0.3 is 0 Å². The summed E-state index contributed by atoms with van der Waals surface area (Å²) in [6.45, 7) is 6.87. The molecule has 0 radical (unpaired) electrons. The van der Waals surface area contributed by atoms with Crippen LogP contribution in [0.2, 0.25) is 0 Å². The Balaban J connectivity index is 1.87. The van der Waals surface area contributed by atoms with Crippen molar-refractivity contribution in [2.45, 2.75) is 39.2 Å². The lowest BCUT2D eigenvalue weighted by Gasteiger charge is -2.12. The molecule has 2 rings (SSSR count). The van der Waals surface area contributed by atoms with E-state index in [2.05, 4.69) is 15.6 Å². The highest BCUT2D eigenvalue weighted by Gasteiger charge is 2.19. The molecule has 0 saturated heterocycles. The fraction of sp³-hybridized carbons (Fsp3) is 0.389. The maximum atomic E-state index is 11.9. The standard InChI is InChI=1S/C18H24N4O3/c1-18(2,3)17-22-11-14(25-17)10-21-13-6-4-12(5-7-13)16(24)20-9-8-15(19)23/h4-7,11,21H,8-10H2,1-3H3,(H2,19,23)(H,20,24).